The molecule has 2 aromatic heterocycles. The van der Waals surface area contributed by atoms with Gasteiger partial charge in [-0.3, -0.25) is 23.9 Å². The summed E-state index contributed by atoms with van der Waals surface area (Å²) in [6.07, 6.45) is 5.17. The first-order valence-electron chi connectivity index (χ1n) is 12.2. The van der Waals surface area contributed by atoms with E-state index in [0.717, 1.165) is 6.20 Å². The van der Waals surface area contributed by atoms with Crippen molar-refractivity contribution < 1.29 is 14.3 Å². The second kappa shape index (κ2) is 12.9. The van der Waals surface area contributed by atoms with Gasteiger partial charge in [0.25, 0.3) is 11.5 Å². The van der Waals surface area contributed by atoms with Gasteiger partial charge in [-0.25, -0.2) is 0 Å². The number of hydrogen-bond donors (Lipinski definition) is 5. The molecule has 12 heteroatoms. The standard InChI is InChI=1S/C27H32ClN7O4/c1-15(4-3-8-29)25(27(38)34-17-7-9-33-22(11-17)20(13-30)26(32)37)35-14-23(39-2)19(12-24(35)36)18-10-16(28)5-6-21(18)31/h5-7,9-15,25H,3-4,8,29-31H2,1-2H3,(H2,32,37)(H,33,34,38). The number of amides is 2. The predicted octanol–water partition coefficient (Wildman–Crippen LogP) is 2.49. The Morgan fingerprint density at radius 2 is 1.95 bits per heavy atom. The van der Waals surface area contributed by atoms with Gasteiger partial charge in [-0.15, -0.1) is 0 Å². The van der Waals surface area contributed by atoms with Crippen molar-refractivity contribution in [2.24, 2.45) is 23.1 Å². The monoisotopic (exact) mass is 553 g/mol. The molecule has 0 spiro atoms. The third kappa shape index (κ3) is 6.75. The van der Waals surface area contributed by atoms with Crippen molar-refractivity contribution in [1.82, 2.24) is 9.55 Å². The van der Waals surface area contributed by atoms with Crippen LogP contribution in [0.5, 0.6) is 5.75 Å². The highest BCUT2D eigenvalue weighted by molar-refractivity contribution is 6.31. The maximum Gasteiger partial charge on any atom is 0.252 e. The highest BCUT2D eigenvalue weighted by Crippen LogP contribution is 2.35. The Morgan fingerprint density at radius 3 is 2.59 bits per heavy atom. The number of nitrogens with zero attached hydrogens (tertiary/aromatic N) is 2. The Bertz CT molecular complexity index is 1450. The van der Waals surface area contributed by atoms with Gasteiger partial charge in [0.05, 0.1) is 24.6 Å². The molecule has 0 fully saturated rings. The summed E-state index contributed by atoms with van der Waals surface area (Å²) in [4.78, 5) is 42.9. The van der Waals surface area contributed by atoms with Crippen molar-refractivity contribution in [1.29, 1.82) is 0 Å². The second-order valence-electron chi connectivity index (χ2n) is 8.95. The summed E-state index contributed by atoms with van der Waals surface area (Å²) < 4.78 is 6.93. The second-order valence-corrected chi connectivity index (χ2v) is 9.39. The van der Waals surface area contributed by atoms with Crippen molar-refractivity contribution in [3.05, 3.63) is 76.1 Å². The zero-order valence-corrected chi connectivity index (χ0v) is 22.4. The molecule has 11 nitrogen and oxygen atoms in total. The summed E-state index contributed by atoms with van der Waals surface area (Å²) in [5, 5.41) is 3.26. The Morgan fingerprint density at radius 1 is 1.21 bits per heavy atom. The van der Waals surface area contributed by atoms with E-state index in [-0.39, 0.29) is 17.2 Å². The molecule has 2 amide bonds. The predicted molar refractivity (Wildman–Crippen MR) is 153 cm³/mol. The van der Waals surface area contributed by atoms with Crippen molar-refractivity contribution >= 4 is 40.4 Å². The van der Waals surface area contributed by atoms with Crippen LogP contribution in [0.2, 0.25) is 5.02 Å². The van der Waals surface area contributed by atoms with Crippen LogP contribution in [0.4, 0.5) is 11.4 Å². The highest BCUT2D eigenvalue weighted by Gasteiger charge is 2.29. The van der Waals surface area contributed by atoms with Crippen molar-refractivity contribution in [3.8, 4) is 16.9 Å². The maximum atomic E-state index is 13.7. The fourth-order valence-electron chi connectivity index (χ4n) is 4.30. The molecule has 0 saturated carbocycles. The van der Waals surface area contributed by atoms with Crippen LogP contribution in [0, 0.1) is 5.92 Å². The van der Waals surface area contributed by atoms with Gasteiger partial charge in [-0.1, -0.05) is 18.5 Å². The molecule has 0 aliphatic heterocycles. The number of aromatic nitrogens is 2. The van der Waals surface area contributed by atoms with Crippen LogP contribution in [-0.4, -0.2) is 35.0 Å². The number of rotatable bonds is 11. The molecule has 39 heavy (non-hydrogen) atoms. The number of nitrogens with two attached hydrogens (primary N) is 4. The van der Waals surface area contributed by atoms with Crippen molar-refractivity contribution in [2.75, 3.05) is 24.7 Å². The maximum absolute atomic E-state index is 13.7. The quantitative estimate of drug-likeness (QED) is 0.176. The summed E-state index contributed by atoms with van der Waals surface area (Å²) in [7, 11) is 1.46. The molecule has 3 aromatic rings. The SMILES string of the molecule is COc1cn(C(C(=O)Nc2ccnc(C(=CN)C(N)=O)c2)C(C)CCCN)c(=O)cc1-c1cc(Cl)ccc1N. The molecule has 2 atom stereocenters. The molecular formula is C27H32ClN7O4. The van der Waals surface area contributed by atoms with Crippen LogP contribution in [0.25, 0.3) is 16.7 Å². The van der Waals surface area contributed by atoms with E-state index in [0.29, 0.717) is 52.7 Å². The van der Waals surface area contributed by atoms with Crippen molar-refractivity contribution in [2.45, 2.75) is 25.8 Å². The number of ether oxygens (including phenoxy) is 1. The van der Waals surface area contributed by atoms with E-state index in [4.69, 9.17) is 39.3 Å². The third-order valence-electron chi connectivity index (χ3n) is 6.28. The van der Waals surface area contributed by atoms with Gasteiger partial charge in [0, 0.05) is 46.0 Å². The minimum atomic E-state index is -0.930. The number of carbonyl (C=O) groups excluding carboxylic acids is 2. The van der Waals surface area contributed by atoms with Crippen LogP contribution >= 0.6 is 11.6 Å². The van der Waals surface area contributed by atoms with E-state index < -0.39 is 23.4 Å². The minimum absolute atomic E-state index is 0.00389. The first-order valence-corrected chi connectivity index (χ1v) is 12.5. The average Bonchev–Trinajstić information content (AvgIpc) is 2.90. The summed E-state index contributed by atoms with van der Waals surface area (Å²) >= 11 is 6.17. The number of pyridine rings is 2. The summed E-state index contributed by atoms with van der Waals surface area (Å²) in [5.74, 6) is -1.18. The first-order chi connectivity index (χ1) is 18.6. The average molecular weight is 554 g/mol. The Kier molecular flexibility index (Phi) is 9.69. The largest absolute Gasteiger partial charge is 0.495 e. The lowest BCUT2D eigenvalue weighted by molar-refractivity contribution is -0.120. The minimum Gasteiger partial charge on any atom is -0.495 e. The van der Waals surface area contributed by atoms with Crippen molar-refractivity contribution in [3.63, 3.8) is 0 Å². The molecule has 3 rings (SSSR count). The van der Waals surface area contributed by atoms with Gasteiger partial charge < -0.3 is 33.0 Å². The zero-order chi connectivity index (χ0) is 28.7. The number of hydrogen-bond acceptors (Lipinski definition) is 8. The van der Waals surface area contributed by atoms with Crippen LogP contribution < -0.4 is 38.5 Å². The van der Waals surface area contributed by atoms with E-state index in [1.54, 1.807) is 24.3 Å². The number of nitrogen functional groups attached to an aromatic ring is 1. The lowest BCUT2D eigenvalue weighted by atomic mass is 9.94. The molecular weight excluding hydrogens is 522 g/mol. The molecule has 0 aliphatic rings. The number of benzene rings is 1. The Balaban J connectivity index is 2.07. The summed E-state index contributed by atoms with van der Waals surface area (Å²) in [6, 6.07) is 8.38. The van der Waals surface area contributed by atoms with Crippen LogP contribution in [0.3, 0.4) is 0 Å². The normalized spacial score (nSPS) is 13.0. The zero-order valence-electron chi connectivity index (χ0n) is 21.7. The van der Waals surface area contributed by atoms with E-state index in [9.17, 15) is 14.4 Å². The smallest absolute Gasteiger partial charge is 0.252 e. The molecule has 2 heterocycles. The fraction of sp³-hybridized carbons (Fsp3) is 0.259. The third-order valence-corrected chi connectivity index (χ3v) is 6.51. The van der Waals surface area contributed by atoms with Crippen LogP contribution in [-0.2, 0) is 9.59 Å². The van der Waals surface area contributed by atoms with Gasteiger partial charge in [0.15, 0.2) is 0 Å². The van der Waals surface area contributed by atoms with E-state index in [2.05, 4.69) is 10.3 Å². The molecule has 2 unspecified atom stereocenters. The van der Waals surface area contributed by atoms with E-state index >= 15 is 0 Å². The number of methoxy groups -OCH3 is 1. The van der Waals surface area contributed by atoms with Gasteiger partial charge in [0.2, 0.25) is 5.91 Å². The Labute approximate surface area is 230 Å². The molecule has 0 radical (unpaired) electrons. The van der Waals surface area contributed by atoms with Gasteiger partial charge in [-0.2, -0.15) is 0 Å². The van der Waals surface area contributed by atoms with E-state index in [1.165, 1.54) is 36.2 Å². The van der Waals surface area contributed by atoms with Crippen LogP contribution in [0.15, 0.2) is 59.8 Å². The van der Waals surface area contributed by atoms with Gasteiger partial charge in [0.1, 0.15) is 11.8 Å². The molecule has 0 saturated heterocycles. The lowest BCUT2D eigenvalue weighted by Crippen LogP contribution is -2.37. The van der Waals surface area contributed by atoms with Gasteiger partial charge >= 0.3 is 0 Å². The number of primary amides is 1. The molecule has 206 valence electrons. The summed E-state index contributed by atoms with van der Waals surface area (Å²) in [6.45, 7) is 2.29. The number of anilines is 2. The lowest BCUT2D eigenvalue weighted by Gasteiger charge is -2.26. The molecule has 0 aliphatic carbocycles. The van der Waals surface area contributed by atoms with Gasteiger partial charge in [-0.05, 0) is 55.6 Å². The summed E-state index contributed by atoms with van der Waals surface area (Å²) in [5.41, 5.74) is 24.2. The topological polar surface area (TPSA) is 194 Å². The number of nitrogens with one attached hydrogen (secondary N) is 1. The molecule has 0 bridgehead atoms. The fourth-order valence-corrected chi connectivity index (χ4v) is 4.48. The number of carbonyl (C=O) groups is 2. The van der Waals surface area contributed by atoms with Crippen LogP contribution in [0.1, 0.15) is 31.5 Å². The van der Waals surface area contributed by atoms with E-state index in [1.807, 2.05) is 6.92 Å². The molecule has 1 aromatic carbocycles. The molecule has 9 N–H and O–H groups in total. The Hall–Kier alpha value is -4.35. The number of halogens is 1. The first kappa shape index (κ1) is 29.2. The highest BCUT2D eigenvalue weighted by atomic mass is 35.5.